The number of aryl methyl sites for hydroxylation is 1. The molecule has 0 saturated carbocycles. The van der Waals surface area contributed by atoms with E-state index in [0.717, 1.165) is 11.1 Å². The minimum atomic E-state index is -0.260. The summed E-state index contributed by atoms with van der Waals surface area (Å²) in [6, 6.07) is 22.3. The second-order valence-electron chi connectivity index (χ2n) is 6.70. The summed E-state index contributed by atoms with van der Waals surface area (Å²) < 4.78 is 5.49. The number of hydrogen-bond acceptors (Lipinski definition) is 4. The third-order valence-corrected chi connectivity index (χ3v) is 5.10. The highest BCUT2D eigenvalue weighted by Crippen LogP contribution is 2.16. The van der Waals surface area contributed by atoms with Gasteiger partial charge in [0.15, 0.2) is 12.4 Å². The van der Waals surface area contributed by atoms with E-state index in [1.54, 1.807) is 48.2 Å². The van der Waals surface area contributed by atoms with E-state index >= 15 is 0 Å². The Labute approximate surface area is 181 Å². The molecule has 0 heterocycles. The van der Waals surface area contributed by atoms with Crippen LogP contribution in [-0.2, 0) is 4.79 Å². The van der Waals surface area contributed by atoms with Crippen LogP contribution >= 0.6 is 11.8 Å². The fourth-order valence-corrected chi connectivity index (χ4v) is 3.16. The van der Waals surface area contributed by atoms with Gasteiger partial charge in [-0.1, -0.05) is 30.3 Å². The van der Waals surface area contributed by atoms with Gasteiger partial charge in [-0.25, -0.2) is 0 Å². The molecule has 0 bridgehead atoms. The quantitative estimate of drug-likeness (QED) is 0.293. The van der Waals surface area contributed by atoms with Gasteiger partial charge < -0.3 is 10.1 Å². The molecule has 0 fully saturated rings. The van der Waals surface area contributed by atoms with Crippen molar-refractivity contribution >= 4 is 35.2 Å². The van der Waals surface area contributed by atoms with Crippen molar-refractivity contribution in [2.75, 3.05) is 18.2 Å². The van der Waals surface area contributed by atoms with Gasteiger partial charge in [0.25, 0.3) is 5.91 Å². The topological polar surface area (TPSA) is 55.4 Å². The first-order chi connectivity index (χ1) is 14.5. The van der Waals surface area contributed by atoms with Gasteiger partial charge in [0.2, 0.25) is 0 Å². The average Bonchev–Trinajstić information content (AvgIpc) is 2.77. The summed E-state index contributed by atoms with van der Waals surface area (Å²) in [5, 5.41) is 2.77. The fraction of sp³-hybridized carbons (Fsp3) is 0.120. The number of anilines is 1. The molecule has 3 rings (SSSR count). The lowest BCUT2D eigenvalue weighted by Crippen LogP contribution is -2.20. The zero-order valence-corrected chi connectivity index (χ0v) is 17.7. The van der Waals surface area contributed by atoms with Gasteiger partial charge in [-0.15, -0.1) is 11.8 Å². The second kappa shape index (κ2) is 10.5. The Morgan fingerprint density at radius 3 is 2.40 bits per heavy atom. The molecule has 0 atom stereocenters. The molecule has 3 aromatic rings. The lowest BCUT2D eigenvalue weighted by molar-refractivity contribution is -0.118. The molecule has 4 nitrogen and oxygen atoms in total. The van der Waals surface area contributed by atoms with Gasteiger partial charge in [0.05, 0.1) is 0 Å². The number of hydrogen-bond donors (Lipinski definition) is 1. The van der Waals surface area contributed by atoms with Crippen LogP contribution in [0.25, 0.3) is 6.08 Å². The van der Waals surface area contributed by atoms with Crippen LogP contribution in [0.15, 0.2) is 83.8 Å². The normalized spacial score (nSPS) is 10.7. The molecular weight excluding hydrogens is 394 g/mol. The zero-order valence-electron chi connectivity index (χ0n) is 16.9. The van der Waals surface area contributed by atoms with Gasteiger partial charge in [-0.3, -0.25) is 9.59 Å². The van der Waals surface area contributed by atoms with Crippen LogP contribution in [0.2, 0.25) is 0 Å². The Morgan fingerprint density at radius 2 is 1.73 bits per heavy atom. The first kappa shape index (κ1) is 21.4. The highest BCUT2D eigenvalue weighted by Gasteiger charge is 2.06. The number of carbonyl (C=O) groups is 2. The van der Waals surface area contributed by atoms with Gasteiger partial charge in [-0.05, 0) is 78.9 Å². The molecule has 0 aliphatic carbocycles. The van der Waals surface area contributed by atoms with Crippen LogP contribution < -0.4 is 10.1 Å². The molecule has 1 N–H and O–H groups in total. The molecule has 5 heteroatoms. The minimum Gasteiger partial charge on any atom is -0.484 e. The van der Waals surface area contributed by atoms with Crippen molar-refractivity contribution in [1.29, 1.82) is 0 Å². The van der Waals surface area contributed by atoms with Gasteiger partial charge in [0, 0.05) is 16.1 Å². The number of ether oxygens (including phenoxy) is 1. The number of benzene rings is 3. The molecule has 0 unspecified atom stereocenters. The Kier molecular flexibility index (Phi) is 7.46. The molecule has 0 saturated heterocycles. The molecule has 152 valence electrons. The van der Waals surface area contributed by atoms with E-state index in [-0.39, 0.29) is 18.3 Å². The van der Waals surface area contributed by atoms with Crippen LogP contribution in [0.1, 0.15) is 21.5 Å². The predicted octanol–water partition coefficient (Wildman–Crippen LogP) is 5.63. The van der Waals surface area contributed by atoms with Crippen molar-refractivity contribution in [2.45, 2.75) is 11.8 Å². The van der Waals surface area contributed by atoms with Crippen LogP contribution in [0.4, 0.5) is 5.69 Å². The van der Waals surface area contributed by atoms with Crippen molar-refractivity contribution in [1.82, 2.24) is 0 Å². The molecule has 1 amide bonds. The van der Waals surface area contributed by atoms with E-state index in [1.807, 2.05) is 61.7 Å². The summed E-state index contributed by atoms with van der Waals surface area (Å²) in [6.45, 7) is 1.88. The van der Waals surface area contributed by atoms with Gasteiger partial charge in [0.1, 0.15) is 5.75 Å². The Morgan fingerprint density at radius 1 is 1.00 bits per heavy atom. The summed E-state index contributed by atoms with van der Waals surface area (Å²) in [6.07, 6.45) is 5.37. The Bertz CT molecular complexity index is 1040. The van der Waals surface area contributed by atoms with Crippen LogP contribution in [0, 0.1) is 6.92 Å². The van der Waals surface area contributed by atoms with E-state index < -0.39 is 0 Å². The first-order valence-electron chi connectivity index (χ1n) is 9.49. The maximum absolute atomic E-state index is 12.4. The Hall–Kier alpha value is -3.31. The molecule has 0 radical (unpaired) electrons. The molecule has 0 aliphatic heterocycles. The molecule has 0 aliphatic rings. The smallest absolute Gasteiger partial charge is 0.262 e. The lowest BCUT2D eigenvalue weighted by atomic mass is 10.1. The highest BCUT2D eigenvalue weighted by molar-refractivity contribution is 7.98. The fourth-order valence-electron chi connectivity index (χ4n) is 2.75. The van der Waals surface area contributed by atoms with E-state index in [4.69, 9.17) is 4.74 Å². The largest absolute Gasteiger partial charge is 0.484 e. The van der Waals surface area contributed by atoms with Crippen LogP contribution in [0.3, 0.4) is 0 Å². The third-order valence-electron chi connectivity index (χ3n) is 4.36. The second-order valence-corrected chi connectivity index (χ2v) is 7.58. The minimum absolute atomic E-state index is 0.0811. The predicted molar refractivity (Wildman–Crippen MR) is 123 cm³/mol. The van der Waals surface area contributed by atoms with Crippen molar-refractivity contribution in [3.63, 3.8) is 0 Å². The monoisotopic (exact) mass is 417 g/mol. The van der Waals surface area contributed by atoms with E-state index in [0.29, 0.717) is 17.0 Å². The highest BCUT2D eigenvalue weighted by atomic mass is 32.2. The number of rotatable bonds is 8. The summed E-state index contributed by atoms with van der Waals surface area (Å²) in [5.41, 5.74) is 3.21. The molecule has 0 spiro atoms. The summed E-state index contributed by atoms with van der Waals surface area (Å²) in [4.78, 5) is 25.6. The van der Waals surface area contributed by atoms with Crippen molar-refractivity contribution in [3.8, 4) is 5.75 Å². The van der Waals surface area contributed by atoms with E-state index in [1.165, 1.54) is 4.90 Å². The SMILES string of the molecule is CSc1ccc(/C=C/C(=O)c2ccc(NC(=O)COc3cccc(C)c3)cc2)cc1. The number of carbonyl (C=O) groups excluding carboxylic acids is 2. The number of thioether (sulfide) groups is 1. The lowest BCUT2D eigenvalue weighted by Gasteiger charge is -2.08. The van der Waals surface area contributed by atoms with Crippen molar-refractivity contribution < 1.29 is 14.3 Å². The summed E-state index contributed by atoms with van der Waals surface area (Å²) >= 11 is 1.68. The van der Waals surface area contributed by atoms with Crippen LogP contribution in [0.5, 0.6) is 5.75 Å². The number of nitrogens with one attached hydrogen (secondary N) is 1. The summed E-state index contributed by atoms with van der Waals surface area (Å²) in [7, 11) is 0. The van der Waals surface area contributed by atoms with Crippen LogP contribution in [-0.4, -0.2) is 24.6 Å². The van der Waals surface area contributed by atoms with E-state index in [2.05, 4.69) is 5.32 Å². The van der Waals surface area contributed by atoms with Crippen molar-refractivity contribution in [2.24, 2.45) is 0 Å². The van der Waals surface area contributed by atoms with Crippen molar-refractivity contribution in [3.05, 3.63) is 95.6 Å². The summed E-state index contributed by atoms with van der Waals surface area (Å²) in [5.74, 6) is 0.301. The number of amides is 1. The number of allylic oxidation sites excluding steroid dienone is 1. The molecule has 0 aromatic heterocycles. The third kappa shape index (κ3) is 6.36. The van der Waals surface area contributed by atoms with E-state index in [9.17, 15) is 9.59 Å². The first-order valence-corrected chi connectivity index (χ1v) is 10.7. The maximum atomic E-state index is 12.4. The number of ketones is 1. The van der Waals surface area contributed by atoms with Gasteiger partial charge in [-0.2, -0.15) is 0 Å². The molecule has 3 aromatic carbocycles. The molecule has 30 heavy (non-hydrogen) atoms. The average molecular weight is 418 g/mol. The maximum Gasteiger partial charge on any atom is 0.262 e. The zero-order chi connectivity index (χ0) is 21.3. The standard InChI is InChI=1S/C25H23NO3S/c1-18-4-3-5-22(16-18)29-17-25(28)26-21-11-9-20(10-12-21)24(27)15-8-19-6-13-23(30-2)14-7-19/h3-16H,17H2,1-2H3,(H,26,28)/b15-8+. The Balaban J connectivity index is 1.52. The molecular formula is C25H23NO3S. The van der Waals surface area contributed by atoms with Gasteiger partial charge >= 0.3 is 0 Å².